The fraction of sp³-hybridized carbons (Fsp3) is 0.0909. The molecule has 2 rings (SSSR count). The lowest BCUT2D eigenvalue weighted by Gasteiger charge is -2.07. The van der Waals surface area contributed by atoms with E-state index >= 15 is 0 Å². The number of aromatic nitrogens is 1. The summed E-state index contributed by atoms with van der Waals surface area (Å²) in [6.45, 7) is 0. The fourth-order valence-corrected chi connectivity index (χ4v) is 1.52. The Bertz CT molecular complexity index is 552. The van der Waals surface area contributed by atoms with Crippen LogP contribution in [0.5, 0.6) is 5.88 Å². The van der Waals surface area contributed by atoms with Gasteiger partial charge in [0.15, 0.2) is 5.84 Å². The van der Waals surface area contributed by atoms with Crippen molar-refractivity contribution in [1.29, 1.82) is 0 Å². The van der Waals surface area contributed by atoms with Gasteiger partial charge in [-0.1, -0.05) is 23.4 Å². The summed E-state index contributed by atoms with van der Waals surface area (Å²) in [5.74, 6) is 0.470. The van der Waals surface area contributed by atoms with Gasteiger partial charge in [0.2, 0.25) is 5.88 Å². The molecule has 0 fully saturated rings. The number of nitrogens with two attached hydrogens (primary N) is 1. The van der Waals surface area contributed by atoms with E-state index < -0.39 is 0 Å². The van der Waals surface area contributed by atoms with Crippen molar-refractivity contribution >= 4 is 16.7 Å². The van der Waals surface area contributed by atoms with Gasteiger partial charge in [0.1, 0.15) is 0 Å². The number of pyridine rings is 1. The van der Waals surface area contributed by atoms with Gasteiger partial charge in [0.25, 0.3) is 0 Å². The number of hydrogen-bond acceptors (Lipinski definition) is 4. The van der Waals surface area contributed by atoms with Crippen LogP contribution < -0.4 is 10.5 Å². The number of methoxy groups -OCH3 is 1. The number of rotatable bonds is 2. The minimum absolute atomic E-state index is 0.0388. The van der Waals surface area contributed by atoms with E-state index in [1.54, 1.807) is 6.07 Å². The van der Waals surface area contributed by atoms with Crippen LogP contribution in [-0.4, -0.2) is 23.1 Å². The Balaban J connectivity index is 2.78. The van der Waals surface area contributed by atoms with Gasteiger partial charge in [0.05, 0.1) is 12.6 Å². The molecule has 16 heavy (non-hydrogen) atoms. The first kappa shape index (κ1) is 10.2. The van der Waals surface area contributed by atoms with Crippen LogP contribution in [0.3, 0.4) is 0 Å². The molecule has 0 amide bonds. The van der Waals surface area contributed by atoms with E-state index in [4.69, 9.17) is 15.7 Å². The van der Waals surface area contributed by atoms with Crippen molar-refractivity contribution in [2.45, 2.75) is 0 Å². The lowest BCUT2D eigenvalue weighted by molar-refractivity contribution is 0.318. The quantitative estimate of drug-likeness (QED) is 0.344. The summed E-state index contributed by atoms with van der Waals surface area (Å²) in [7, 11) is 1.52. The molecule has 1 heterocycles. The van der Waals surface area contributed by atoms with Crippen molar-refractivity contribution in [1.82, 2.24) is 4.98 Å². The third-order valence-electron chi connectivity index (χ3n) is 2.29. The Kier molecular flexibility index (Phi) is 2.59. The van der Waals surface area contributed by atoms with Gasteiger partial charge in [-0.2, -0.15) is 0 Å². The zero-order valence-corrected chi connectivity index (χ0v) is 8.71. The second-order valence-corrected chi connectivity index (χ2v) is 3.21. The molecule has 0 aliphatic carbocycles. The summed E-state index contributed by atoms with van der Waals surface area (Å²) < 4.78 is 5.05. The van der Waals surface area contributed by atoms with E-state index in [1.165, 1.54) is 7.11 Å². The summed E-state index contributed by atoms with van der Waals surface area (Å²) in [6.07, 6.45) is 0. The highest BCUT2D eigenvalue weighted by atomic mass is 16.5. The average molecular weight is 217 g/mol. The fourth-order valence-electron chi connectivity index (χ4n) is 1.52. The Morgan fingerprint density at radius 2 is 2.19 bits per heavy atom. The lowest BCUT2D eigenvalue weighted by Crippen LogP contribution is -2.14. The monoisotopic (exact) mass is 217 g/mol. The summed E-state index contributed by atoms with van der Waals surface area (Å²) in [5.41, 5.74) is 6.94. The van der Waals surface area contributed by atoms with Gasteiger partial charge in [-0.15, -0.1) is 0 Å². The second kappa shape index (κ2) is 4.06. The number of benzene rings is 1. The molecule has 2 aromatic rings. The van der Waals surface area contributed by atoms with Crippen LogP contribution >= 0.6 is 0 Å². The Hall–Kier alpha value is -2.30. The molecule has 0 aliphatic rings. The number of oxime groups is 1. The summed E-state index contributed by atoms with van der Waals surface area (Å²) >= 11 is 0. The zero-order chi connectivity index (χ0) is 11.5. The largest absolute Gasteiger partial charge is 0.481 e. The molecule has 82 valence electrons. The normalized spacial score (nSPS) is 11.7. The molecule has 0 saturated heterocycles. The van der Waals surface area contributed by atoms with Gasteiger partial charge in [-0.25, -0.2) is 4.98 Å². The van der Waals surface area contributed by atoms with Crippen molar-refractivity contribution in [3.63, 3.8) is 0 Å². The highest BCUT2D eigenvalue weighted by molar-refractivity contribution is 6.08. The predicted octanol–water partition coefficient (Wildman–Crippen LogP) is 1.34. The van der Waals surface area contributed by atoms with Crippen molar-refractivity contribution < 1.29 is 9.94 Å². The van der Waals surface area contributed by atoms with Crippen molar-refractivity contribution in [2.75, 3.05) is 7.11 Å². The van der Waals surface area contributed by atoms with E-state index in [2.05, 4.69) is 10.1 Å². The topological polar surface area (TPSA) is 80.7 Å². The minimum atomic E-state index is 0.0388. The third kappa shape index (κ3) is 1.63. The first-order valence-corrected chi connectivity index (χ1v) is 4.68. The molecule has 0 spiro atoms. The third-order valence-corrected chi connectivity index (χ3v) is 2.29. The Morgan fingerprint density at radius 3 is 2.88 bits per heavy atom. The van der Waals surface area contributed by atoms with Gasteiger partial charge in [-0.3, -0.25) is 0 Å². The summed E-state index contributed by atoms with van der Waals surface area (Å²) in [4.78, 5) is 4.26. The van der Waals surface area contributed by atoms with Crippen LogP contribution in [0.4, 0.5) is 0 Å². The van der Waals surface area contributed by atoms with Gasteiger partial charge in [0, 0.05) is 17.0 Å². The molecule has 5 nitrogen and oxygen atoms in total. The molecule has 0 bridgehead atoms. The van der Waals surface area contributed by atoms with Crippen molar-refractivity contribution in [3.8, 4) is 5.88 Å². The van der Waals surface area contributed by atoms with Gasteiger partial charge in [-0.05, 0) is 6.07 Å². The number of amidine groups is 1. The number of ether oxygens (including phenoxy) is 1. The maximum absolute atomic E-state index is 8.71. The molecule has 1 aromatic heterocycles. The SMILES string of the molecule is COc1cc(C(N)=NO)c2ccccc2n1. The first-order chi connectivity index (χ1) is 7.76. The Labute approximate surface area is 92.2 Å². The average Bonchev–Trinajstić information content (AvgIpc) is 2.36. The number of fused-ring (bicyclic) bond motifs is 1. The molecule has 3 N–H and O–H groups in total. The second-order valence-electron chi connectivity index (χ2n) is 3.21. The molecule has 0 radical (unpaired) electrons. The highest BCUT2D eigenvalue weighted by Gasteiger charge is 2.09. The van der Waals surface area contributed by atoms with E-state index in [-0.39, 0.29) is 5.84 Å². The van der Waals surface area contributed by atoms with E-state index in [0.29, 0.717) is 11.4 Å². The van der Waals surface area contributed by atoms with Crippen LogP contribution in [0.1, 0.15) is 5.56 Å². The molecule has 1 aromatic carbocycles. The molecular weight excluding hydrogens is 206 g/mol. The number of hydrogen-bond donors (Lipinski definition) is 2. The first-order valence-electron chi connectivity index (χ1n) is 4.68. The molecule has 0 unspecified atom stereocenters. The van der Waals surface area contributed by atoms with Gasteiger partial charge >= 0.3 is 0 Å². The number of para-hydroxylation sites is 1. The number of nitrogens with zero attached hydrogens (tertiary/aromatic N) is 2. The summed E-state index contributed by atoms with van der Waals surface area (Å²) in [6, 6.07) is 9.06. The van der Waals surface area contributed by atoms with Crippen LogP contribution in [-0.2, 0) is 0 Å². The standard InChI is InChI=1S/C11H11N3O2/c1-16-10-6-8(11(12)14-15)7-4-2-3-5-9(7)13-10/h2-6,15H,1H3,(H2,12,14). The molecule has 0 atom stereocenters. The van der Waals surface area contributed by atoms with E-state index in [1.807, 2.05) is 24.3 Å². The van der Waals surface area contributed by atoms with Crippen LogP contribution in [0.2, 0.25) is 0 Å². The van der Waals surface area contributed by atoms with E-state index in [9.17, 15) is 0 Å². The van der Waals surface area contributed by atoms with Crippen molar-refractivity contribution in [3.05, 3.63) is 35.9 Å². The highest BCUT2D eigenvalue weighted by Crippen LogP contribution is 2.21. The minimum Gasteiger partial charge on any atom is -0.481 e. The molecule has 5 heteroatoms. The predicted molar refractivity (Wildman–Crippen MR) is 60.8 cm³/mol. The van der Waals surface area contributed by atoms with Gasteiger partial charge < -0.3 is 15.7 Å². The van der Waals surface area contributed by atoms with E-state index in [0.717, 1.165) is 10.9 Å². The zero-order valence-electron chi connectivity index (χ0n) is 8.71. The molecule has 0 saturated carbocycles. The summed E-state index contributed by atoms with van der Waals surface area (Å²) in [5, 5.41) is 12.5. The lowest BCUT2D eigenvalue weighted by atomic mass is 10.1. The van der Waals surface area contributed by atoms with Crippen LogP contribution in [0.15, 0.2) is 35.5 Å². The maximum atomic E-state index is 8.71. The smallest absolute Gasteiger partial charge is 0.214 e. The van der Waals surface area contributed by atoms with Crippen molar-refractivity contribution in [2.24, 2.45) is 10.9 Å². The van der Waals surface area contributed by atoms with Crippen LogP contribution in [0.25, 0.3) is 10.9 Å². The van der Waals surface area contributed by atoms with Crippen LogP contribution in [0, 0.1) is 0 Å². The molecule has 0 aliphatic heterocycles. The maximum Gasteiger partial charge on any atom is 0.214 e. The molecular formula is C11H11N3O2. The Morgan fingerprint density at radius 1 is 1.44 bits per heavy atom.